The van der Waals surface area contributed by atoms with Gasteiger partial charge in [-0.2, -0.15) is 13.2 Å². The number of aromatic nitrogens is 2. The van der Waals surface area contributed by atoms with Crippen molar-refractivity contribution in [1.29, 1.82) is 0 Å². The Morgan fingerprint density at radius 3 is 2.57 bits per heavy atom. The fourth-order valence-electron chi connectivity index (χ4n) is 1.97. The summed E-state index contributed by atoms with van der Waals surface area (Å²) in [5, 5.41) is 6.69. The minimum atomic E-state index is -4.29. The van der Waals surface area contributed by atoms with Crippen molar-refractivity contribution in [3.8, 4) is 5.69 Å². The van der Waals surface area contributed by atoms with Crippen molar-refractivity contribution >= 4 is 11.8 Å². The summed E-state index contributed by atoms with van der Waals surface area (Å²) in [5.41, 5.74) is 0.817. The highest BCUT2D eigenvalue weighted by Crippen LogP contribution is 2.20. The summed E-state index contributed by atoms with van der Waals surface area (Å²) in [6.07, 6.45) is -3.66. The van der Waals surface area contributed by atoms with Gasteiger partial charge in [0.1, 0.15) is 0 Å². The first kappa shape index (κ1) is 16.9. The van der Waals surface area contributed by atoms with Crippen LogP contribution in [-0.4, -0.2) is 40.0 Å². The molecule has 2 aromatic rings. The van der Waals surface area contributed by atoms with Crippen LogP contribution in [-0.2, 0) is 0 Å². The van der Waals surface area contributed by atoms with Crippen molar-refractivity contribution < 1.29 is 18.0 Å². The molecule has 0 spiro atoms. The van der Waals surface area contributed by atoms with Crippen molar-refractivity contribution in [3.05, 3.63) is 42.6 Å². The molecule has 0 saturated heterocycles. The van der Waals surface area contributed by atoms with Gasteiger partial charge in [-0.25, -0.2) is 9.48 Å². The molecule has 0 fully saturated rings. The first-order valence-corrected chi connectivity index (χ1v) is 7.13. The summed E-state index contributed by atoms with van der Waals surface area (Å²) >= 11 is 0. The third-order valence-corrected chi connectivity index (χ3v) is 3.18. The number of hydrogen-bond donors (Lipinski definition) is 1. The van der Waals surface area contributed by atoms with Gasteiger partial charge in [-0.15, -0.1) is 5.10 Å². The number of carbonyl (C=O) groups excluding carboxylic acids is 1. The predicted octanol–water partition coefficient (Wildman–Crippen LogP) is 3.68. The number of nitrogens with one attached hydrogen (secondary N) is 1. The molecule has 1 aromatic heterocycles. The summed E-state index contributed by atoms with van der Waals surface area (Å²) in [6.45, 7) is 1.42. The van der Waals surface area contributed by atoms with Gasteiger partial charge in [0.25, 0.3) is 0 Å². The van der Waals surface area contributed by atoms with Crippen LogP contribution >= 0.6 is 0 Å². The fourth-order valence-corrected chi connectivity index (χ4v) is 1.97. The van der Waals surface area contributed by atoms with Gasteiger partial charge in [-0.1, -0.05) is 18.2 Å². The molecule has 0 saturated carbocycles. The van der Waals surface area contributed by atoms with Crippen molar-refractivity contribution in [2.45, 2.75) is 19.5 Å². The first-order valence-electron chi connectivity index (χ1n) is 7.13. The summed E-state index contributed by atoms with van der Waals surface area (Å²) < 4.78 is 38.3. The number of rotatable bonds is 5. The Morgan fingerprint density at radius 2 is 1.96 bits per heavy atom. The van der Waals surface area contributed by atoms with E-state index in [4.69, 9.17) is 0 Å². The molecule has 0 aliphatic rings. The highest BCUT2D eigenvalue weighted by Gasteiger charge is 2.28. The molecule has 2 amide bonds. The number of hydrogen-bond acceptors (Lipinski definition) is 2. The van der Waals surface area contributed by atoms with Gasteiger partial charge in [0.05, 0.1) is 12.1 Å². The van der Waals surface area contributed by atoms with E-state index in [9.17, 15) is 18.0 Å². The molecule has 2 rings (SSSR count). The zero-order valence-electron chi connectivity index (χ0n) is 12.5. The summed E-state index contributed by atoms with van der Waals surface area (Å²) in [7, 11) is 0. The normalized spacial score (nSPS) is 11.3. The highest BCUT2D eigenvalue weighted by atomic mass is 19.4. The molecule has 23 heavy (non-hydrogen) atoms. The minimum Gasteiger partial charge on any atom is -0.324 e. The van der Waals surface area contributed by atoms with Crippen LogP contribution in [0, 0.1) is 0 Å². The van der Waals surface area contributed by atoms with Crippen LogP contribution in [0.25, 0.3) is 5.69 Å². The standard InChI is InChI=1S/C15H17F3N4O/c1-2-21(11-9-15(16,17)18)14(23)19-13-8-10-22(20-13)12-6-4-3-5-7-12/h3-8,10H,2,9,11H2,1H3,(H,19,20,23). The number of halogens is 3. The molecule has 1 aromatic carbocycles. The quantitative estimate of drug-likeness (QED) is 0.911. The lowest BCUT2D eigenvalue weighted by Gasteiger charge is -2.21. The molecule has 8 heteroatoms. The molecule has 0 unspecified atom stereocenters. The number of para-hydroxylation sites is 1. The Morgan fingerprint density at radius 1 is 1.26 bits per heavy atom. The average molecular weight is 326 g/mol. The third kappa shape index (κ3) is 5.01. The van der Waals surface area contributed by atoms with Crippen molar-refractivity contribution in [3.63, 3.8) is 0 Å². The highest BCUT2D eigenvalue weighted by molar-refractivity contribution is 5.88. The molecule has 1 N–H and O–H groups in total. The maximum Gasteiger partial charge on any atom is 0.390 e. The van der Waals surface area contributed by atoms with Gasteiger partial charge in [-0.3, -0.25) is 5.32 Å². The average Bonchev–Trinajstić information content (AvgIpc) is 2.96. The molecule has 0 atom stereocenters. The van der Waals surface area contributed by atoms with E-state index in [1.54, 1.807) is 23.9 Å². The van der Waals surface area contributed by atoms with Gasteiger partial charge in [0, 0.05) is 25.4 Å². The minimum absolute atomic E-state index is 0.182. The van der Waals surface area contributed by atoms with Crippen molar-refractivity contribution in [1.82, 2.24) is 14.7 Å². The molecule has 1 heterocycles. The van der Waals surface area contributed by atoms with E-state index in [0.29, 0.717) is 0 Å². The molecule has 5 nitrogen and oxygen atoms in total. The fraction of sp³-hybridized carbons (Fsp3) is 0.333. The number of alkyl halides is 3. The Labute approximate surface area is 131 Å². The van der Waals surface area contributed by atoms with Gasteiger partial charge >= 0.3 is 12.2 Å². The second kappa shape index (κ2) is 7.17. The summed E-state index contributed by atoms with van der Waals surface area (Å²) in [4.78, 5) is 13.1. The maximum atomic E-state index is 12.3. The van der Waals surface area contributed by atoms with E-state index in [2.05, 4.69) is 10.4 Å². The molecule has 0 aliphatic heterocycles. The lowest BCUT2D eigenvalue weighted by molar-refractivity contribution is -0.136. The zero-order chi connectivity index (χ0) is 16.9. The van der Waals surface area contributed by atoms with Crippen LogP contribution in [0.5, 0.6) is 0 Å². The molecule has 0 aliphatic carbocycles. The smallest absolute Gasteiger partial charge is 0.324 e. The second-order valence-corrected chi connectivity index (χ2v) is 4.86. The number of amides is 2. The molecule has 124 valence electrons. The monoisotopic (exact) mass is 326 g/mol. The van der Waals surface area contributed by atoms with Crippen LogP contribution in [0.1, 0.15) is 13.3 Å². The van der Waals surface area contributed by atoms with Gasteiger partial charge < -0.3 is 4.90 Å². The number of benzene rings is 1. The number of nitrogens with zero attached hydrogens (tertiary/aromatic N) is 3. The van der Waals surface area contributed by atoms with E-state index in [0.717, 1.165) is 10.6 Å². The zero-order valence-corrected chi connectivity index (χ0v) is 12.5. The summed E-state index contributed by atoms with van der Waals surface area (Å²) in [6, 6.07) is 10.3. The van der Waals surface area contributed by atoms with Crippen molar-refractivity contribution in [2.24, 2.45) is 0 Å². The third-order valence-electron chi connectivity index (χ3n) is 3.18. The van der Waals surface area contributed by atoms with E-state index in [1.807, 2.05) is 30.3 Å². The van der Waals surface area contributed by atoms with Crippen LogP contribution in [0.15, 0.2) is 42.6 Å². The van der Waals surface area contributed by atoms with Gasteiger partial charge in [0.15, 0.2) is 5.82 Å². The molecular formula is C15H17F3N4O. The van der Waals surface area contributed by atoms with Gasteiger partial charge in [0.2, 0.25) is 0 Å². The molecule has 0 bridgehead atoms. The van der Waals surface area contributed by atoms with Crippen molar-refractivity contribution in [2.75, 3.05) is 18.4 Å². The maximum absolute atomic E-state index is 12.3. The van der Waals surface area contributed by atoms with Gasteiger partial charge in [-0.05, 0) is 19.1 Å². The topological polar surface area (TPSA) is 50.2 Å². The number of anilines is 1. The second-order valence-electron chi connectivity index (χ2n) is 4.86. The van der Waals surface area contributed by atoms with Crippen LogP contribution in [0.4, 0.5) is 23.8 Å². The van der Waals surface area contributed by atoms with E-state index in [-0.39, 0.29) is 18.9 Å². The number of urea groups is 1. The Bertz CT molecular complexity index is 640. The number of carbonyl (C=O) groups is 1. The largest absolute Gasteiger partial charge is 0.390 e. The molecule has 0 radical (unpaired) electrons. The van der Waals surface area contributed by atoms with Crippen LogP contribution in [0.2, 0.25) is 0 Å². The van der Waals surface area contributed by atoms with Crippen LogP contribution < -0.4 is 5.32 Å². The van der Waals surface area contributed by atoms with Crippen LogP contribution in [0.3, 0.4) is 0 Å². The predicted molar refractivity (Wildman–Crippen MR) is 80.5 cm³/mol. The van der Waals surface area contributed by atoms with E-state index < -0.39 is 18.6 Å². The SMILES string of the molecule is CCN(CCC(F)(F)F)C(=O)Nc1ccn(-c2ccccc2)n1. The lowest BCUT2D eigenvalue weighted by Crippen LogP contribution is -2.37. The summed E-state index contributed by atoms with van der Waals surface area (Å²) in [5.74, 6) is 0.282. The van der Waals surface area contributed by atoms with E-state index in [1.165, 1.54) is 0 Å². The van der Waals surface area contributed by atoms with E-state index >= 15 is 0 Å². The Balaban J connectivity index is 1.98. The lowest BCUT2D eigenvalue weighted by atomic mass is 10.3. The Kier molecular flexibility index (Phi) is 5.25. The Hall–Kier alpha value is -2.51. The molecular weight excluding hydrogens is 309 g/mol. The first-order chi connectivity index (χ1) is 10.9.